The molecule has 2 atom stereocenters. The largest absolute Gasteiger partial charge is 0.372 e. The van der Waals surface area contributed by atoms with Crippen LogP contribution in [0, 0.1) is 11.8 Å². The van der Waals surface area contributed by atoms with Crippen LogP contribution in [0.2, 0.25) is 0 Å². The maximum Gasteiger partial charge on any atom is 0.254 e. The molecular weight excluding hydrogens is 352 g/mol. The lowest BCUT2D eigenvalue weighted by Gasteiger charge is -2.37. The Morgan fingerprint density at radius 3 is 2.85 bits per heavy atom. The molecule has 142 valence electrons. The summed E-state index contributed by atoms with van der Waals surface area (Å²) in [5.41, 5.74) is 0.875. The van der Waals surface area contributed by atoms with Crippen molar-refractivity contribution in [3.63, 3.8) is 0 Å². The first-order chi connectivity index (χ1) is 13.1. The molecule has 2 saturated heterocycles. The molecule has 4 rings (SSSR count). The summed E-state index contributed by atoms with van der Waals surface area (Å²) in [6.45, 7) is 2.97. The van der Waals surface area contributed by atoms with E-state index in [9.17, 15) is 13.6 Å². The minimum Gasteiger partial charge on any atom is -0.372 e. The summed E-state index contributed by atoms with van der Waals surface area (Å²) in [4.78, 5) is 20.2. The first kappa shape index (κ1) is 18.0. The van der Waals surface area contributed by atoms with Gasteiger partial charge in [-0.3, -0.25) is 9.69 Å². The Morgan fingerprint density at radius 1 is 1.19 bits per heavy atom. The van der Waals surface area contributed by atoms with Gasteiger partial charge in [-0.1, -0.05) is 18.2 Å². The molecule has 0 radical (unpaired) electrons. The Labute approximate surface area is 156 Å². The average Bonchev–Trinajstić information content (AvgIpc) is 3.09. The highest BCUT2D eigenvalue weighted by molar-refractivity contribution is 5.94. The number of halogens is 2. The lowest BCUT2D eigenvalue weighted by Crippen LogP contribution is -2.52. The van der Waals surface area contributed by atoms with Crippen LogP contribution >= 0.6 is 0 Å². The highest BCUT2D eigenvalue weighted by Gasteiger charge is 2.38. The molecule has 2 fully saturated rings. The number of hydrogen-bond donors (Lipinski definition) is 0. The molecule has 0 N–H and O–H groups in total. The van der Waals surface area contributed by atoms with Gasteiger partial charge < -0.3 is 9.64 Å². The van der Waals surface area contributed by atoms with E-state index in [1.54, 1.807) is 23.1 Å². The number of rotatable bonds is 4. The molecule has 5 nitrogen and oxygen atoms in total. The summed E-state index contributed by atoms with van der Waals surface area (Å²) in [6.07, 6.45) is 2.12. The van der Waals surface area contributed by atoms with Crippen molar-refractivity contribution >= 4 is 5.91 Å². The van der Waals surface area contributed by atoms with E-state index >= 15 is 0 Å². The van der Waals surface area contributed by atoms with Gasteiger partial charge in [-0.05, 0) is 18.6 Å². The fourth-order valence-corrected chi connectivity index (χ4v) is 3.84. The molecular formula is C20H21F2N3O2. The Kier molecular flexibility index (Phi) is 5.13. The number of carbonyl (C=O) groups excluding carboxylic acids is 1. The molecule has 2 aromatic rings. The molecule has 0 spiro atoms. The zero-order valence-electron chi connectivity index (χ0n) is 14.9. The number of aromatic nitrogens is 1. The normalized spacial score (nSPS) is 22.7. The first-order valence-electron chi connectivity index (χ1n) is 9.10. The smallest absolute Gasteiger partial charge is 0.254 e. The van der Waals surface area contributed by atoms with Crippen molar-refractivity contribution in [2.24, 2.45) is 0 Å². The summed E-state index contributed by atoms with van der Waals surface area (Å²) >= 11 is 0. The molecule has 0 bridgehead atoms. The molecule has 27 heavy (non-hydrogen) atoms. The second kappa shape index (κ2) is 7.70. The van der Waals surface area contributed by atoms with E-state index in [0.29, 0.717) is 24.2 Å². The highest BCUT2D eigenvalue weighted by atomic mass is 19.1. The SMILES string of the molecule is O=C(c1ccnc(F)c1)N1CCN2CC(OCc3ccccc3F)CC2C1. The monoisotopic (exact) mass is 373 g/mol. The Hall–Kier alpha value is -2.38. The Morgan fingerprint density at radius 2 is 2.04 bits per heavy atom. The van der Waals surface area contributed by atoms with Gasteiger partial charge in [-0.2, -0.15) is 4.39 Å². The molecule has 1 amide bonds. The lowest BCUT2D eigenvalue weighted by atomic mass is 10.1. The average molecular weight is 373 g/mol. The van der Waals surface area contributed by atoms with Gasteiger partial charge >= 0.3 is 0 Å². The van der Waals surface area contributed by atoms with Crippen LogP contribution in [0.1, 0.15) is 22.3 Å². The number of nitrogens with zero attached hydrogens (tertiary/aromatic N) is 3. The summed E-state index contributed by atoms with van der Waals surface area (Å²) in [6, 6.07) is 9.53. The third kappa shape index (κ3) is 3.99. The number of carbonyl (C=O) groups is 1. The van der Waals surface area contributed by atoms with Crippen LogP contribution in [0.25, 0.3) is 0 Å². The van der Waals surface area contributed by atoms with E-state index in [2.05, 4.69) is 9.88 Å². The topological polar surface area (TPSA) is 45.7 Å². The van der Waals surface area contributed by atoms with Crippen molar-refractivity contribution in [2.75, 3.05) is 26.2 Å². The van der Waals surface area contributed by atoms with Gasteiger partial charge in [0.25, 0.3) is 5.91 Å². The van der Waals surface area contributed by atoms with Crippen LogP contribution in [0.5, 0.6) is 0 Å². The number of pyridine rings is 1. The fraction of sp³-hybridized carbons (Fsp3) is 0.400. The fourth-order valence-electron chi connectivity index (χ4n) is 3.84. The van der Waals surface area contributed by atoms with Crippen LogP contribution in [0.3, 0.4) is 0 Å². The Balaban J connectivity index is 1.34. The van der Waals surface area contributed by atoms with Crippen molar-refractivity contribution in [2.45, 2.75) is 25.2 Å². The second-order valence-electron chi connectivity index (χ2n) is 7.03. The number of fused-ring (bicyclic) bond motifs is 1. The van der Waals surface area contributed by atoms with E-state index in [1.807, 2.05) is 0 Å². The third-order valence-electron chi connectivity index (χ3n) is 5.27. The lowest BCUT2D eigenvalue weighted by molar-refractivity contribution is 0.0438. The van der Waals surface area contributed by atoms with Gasteiger partial charge in [-0.15, -0.1) is 0 Å². The number of ether oxygens (including phenoxy) is 1. The predicted octanol–water partition coefficient (Wildman–Crippen LogP) is 2.48. The molecule has 0 saturated carbocycles. The molecule has 3 heterocycles. The quantitative estimate of drug-likeness (QED) is 0.773. The van der Waals surface area contributed by atoms with Gasteiger partial charge in [0, 0.05) is 55.6 Å². The molecule has 2 unspecified atom stereocenters. The van der Waals surface area contributed by atoms with Gasteiger partial charge in [0.15, 0.2) is 0 Å². The summed E-state index contributed by atoms with van der Waals surface area (Å²) in [5, 5.41) is 0. The van der Waals surface area contributed by atoms with Crippen molar-refractivity contribution in [1.29, 1.82) is 0 Å². The van der Waals surface area contributed by atoms with Crippen LogP contribution in [-0.2, 0) is 11.3 Å². The number of benzene rings is 1. The third-order valence-corrected chi connectivity index (χ3v) is 5.27. The van der Waals surface area contributed by atoms with Crippen molar-refractivity contribution in [3.8, 4) is 0 Å². The number of piperazine rings is 1. The van der Waals surface area contributed by atoms with Gasteiger partial charge in [0.2, 0.25) is 5.95 Å². The standard InChI is InChI=1S/C20H21F2N3O2/c21-18-4-2-1-3-15(18)13-27-17-10-16-11-25(8-7-24(16)12-17)20(26)14-5-6-23-19(22)9-14/h1-6,9,16-17H,7-8,10-13H2. The van der Waals surface area contributed by atoms with E-state index in [-0.39, 0.29) is 30.5 Å². The maximum absolute atomic E-state index is 13.7. The molecule has 7 heteroatoms. The van der Waals surface area contributed by atoms with E-state index < -0.39 is 5.95 Å². The zero-order chi connectivity index (χ0) is 18.8. The van der Waals surface area contributed by atoms with Gasteiger partial charge in [0.05, 0.1) is 12.7 Å². The van der Waals surface area contributed by atoms with Crippen molar-refractivity contribution in [3.05, 3.63) is 65.5 Å². The molecule has 0 aliphatic carbocycles. The second-order valence-corrected chi connectivity index (χ2v) is 7.03. The van der Waals surface area contributed by atoms with E-state index in [4.69, 9.17) is 4.74 Å². The van der Waals surface area contributed by atoms with E-state index in [1.165, 1.54) is 24.4 Å². The molecule has 2 aliphatic rings. The van der Waals surface area contributed by atoms with Crippen molar-refractivity contribution in [1.82, 2.24) is 14.8 Å². The van der Waals surface area contributed by atoms with Crippen LogP contribution < -0.4 is 0 Å². The predicted molar refractivity (Wildman–Crippen MR) is 95.1 cm³/mol. The van der Waals surface area contributed by atoms with Gasteiger partial charge in [0.1, 0.15) is 5.82 Å². The minimum absolute atomic E-state index is 0.0167. The summed E-state index contributed by atoms with van der Waals surface area (Å²) in [5.74, 6) is -1.08. The minimum atomic E-state index is -0.651. The van der Waals surface area contributed by atoms with Crippen molar-refractivity contribution < 1.29 is 18.3 Å². The number of hydrogen-bond acceptors (Lipinski definition) is 4. The van der Waals surface area contributed by atoms with Gasteiger partial charge in [-0.25, -0.2) is 9.37 Å². The number of amides is 1. The van der Waals surface area contributed by atoms with Crippen LogP contribution in [0.15, 0.2) is 42.6 Å². The first-order valence-corrected chi connectivity index (χ1v) is 9.10. The maximum atomic E-state index is 13.7. The van der Waals surface area contributed by atoms with Crippen LogP contribution in [0.4, 0.5) is 8.78 Å². The molecule has 1 aromatic carbocycles. The molecule has 2 aliphatic heterocycles. The highest BCUT2D eigenvalue weighted by Crippen LogP contribution is 2.26. The summed E-state index contributed by atoms with van der Waals surface area (Å²) < 4.78 is 32.9. The summed E-state index contributed by atoms with van der Waals surface area (Å²) in [7, 11) is 0. The zero-order valence-corrected chi connectivity index (χ0v) is 14.9. The van der Waals surface area contributed by atoms with Crippen LogP contribution in [-0.4, -0.2) is 59.0 Å². The Bertz CT molecular complexity index is 832. The van der Waals surface area contributed by atoms with E-state index in [0.717, 1.165) is 19.5 Å². The molecule has 1 aromatic heterocycles.